The maximum Gasteiger partial charge on any atom is 0.258 e. The van der Waals surface area contributed by atoms with Crippen molar-refractivity contribution in [3.05, 3.63) is 83.0 Å². The number of carbonyl (C=O) groups is 1. The van der Waals surface area contributed by atoms with Gasteiger partial charge in [0, 0.05) is 49.7 Å². The van der Waals surface area contributed by atoms with E-state index in [0.29, 0.717) is 6.54 Å². The van der Waals surface area contributed by atoms with E-state index in [1.807, 2.05) is 31.4 Å². The number of pyridine rings is 1. The highest BCUT2D eigenvalue weighted by Gasteiger charge is 2.35. The van der Waals surface area contributed by atoms with Gasteiger partial charge in [-0.2, -0.15) is 0 Å². The van der Waals surface area contributed by atoms with Gasteiger partial charge in [0.15, 0.2) is 0 Å². The molecule has 5 nitrogen and oxygen atoms in total. The summed E-state index contributed by atoms with van der Waals surface area (Å²) in [6.45, 7) is 6.98. The summed E-state index contributed by atoms with van der Waals surface area (Å²) in [5.41, 5.74) is 7.15. The topological polar surface area (TPSA) is 39.7 Å². The summed E-state index contributed by atoms with van der Waals surface area (Å²) in [7, 11) is 1.84. The van der Waals surface area contributed by atoms with Crippen LogP contribution < -0.4 is 9.80 Å². The molecule has 3 aromatic rings. The molecule has 3 heterocycles. The monoisotopic (exact) mass is 410 g/mol. The molecule has 0 spiro atoms. The maximum atomic E-state index is 12.9. The molecule has 0 radical (unpaired) electrons. The second-order valence-corrected chi connectivity index (χ2v) is 7.94. The second kappa shape index (κ2) is 7.58. The first-order valence-corrected chi connectivity index (χ1v) is 10.8. The van der Waals surface area contributed by atoms with Gasteiger partial charge in [0.1, 0.15) is 5.82 Å². The third kappa shape index (κ3) is 3.08. The molecule has 0 bridgehead atoms. The molecule has 0 fully saturated rings. The number of carbonyl (C=O) groups excluding carboxylic acids is 1. The fourth-order valence-electron chi connectivity index (χ4n) is 4.63. The molecule has 5 rings (SSSR count). The molecule has 0 N–H and O–H groups in total. The van der Waals surface area contributed by atoms with Crippen LogP contribution in [0.15, 0.2) is 60.8 Å². The lowest BCUT2D eigenvalue weighted by atomic mass is 10.0. The van der Waals surface area contributed by atoms with Crippen LogP contribution >= 0.6 is 0 Å². The van der Waals surface area contributed by atoms with Crippen molar-refractivity contribution in [2.45, 2.75) is 20.4 Å². The minimum Gasteiger partial charge on any atom is -0.372 e. The molecule has 0 saturated heterocycles. The second-order valence-electron chi connectivity index (χ2n) is 7.94. The zero-order chi connectivity index (χ0) is 21.5. The molecule has 156 valence electrons. The Morgan fingerprint density at radius 3 is 2.61 bits per heavy atom. The van der Waals surface area contributed by atoms with Crippen LogP contribution in [0.3, 0.4) is 0 Å². The number of rotatable bonds is 5. The molecule has 0 saturated carbocycles. The van der Waals surface area contributed by atoms with Crippen molar-refractivity contribution in [1.82, 2.24) is 9.88 Å². The van der Waals surface area contributed by atoms with E-state index in [1.54, 1.807) is 4.90 Å². The molecule has 0 aliphatic carbocycles. The molecule has 0 atom stereocenters. The Kier molecular flexibility index (Phi) is 4.74. The Balaban J connectivity index is 1.65. The summed E-state index contributed by atoms with van der Waals surface area (Å²) < 4.78 is 0. The standard InChI is InChI=1S/C26H26N4O/c1-4-29(5-2)20-11-6-9-18(15-20)17-30-22-13-7-12-21-24(22)23(28(3)26(21)31)16-19-10-8-14-27-25(19)30/h6-16H,4-5,17H2,1-3H3. The Bertz CT molecular complexity index is 1200. The first-order valence-electron chi connectivity index (χ1n) is 10.8. The van der Waals surface area contributed by atoms with Gasteiger partial charge in [-0.1, -0.05) is 18.2 Å². The molecule has 2 aliphatic heterocycles. The zero-order valence-electron chi connectivity index (χ0n) is 18.2. The molecular weight excluding hydrogens is 384 g/mol. The van der Waals surface area contributed by atoms with Gasteiger partial charge in [-0.15, -0.1) is 0 Å². The number of nitrogens with zero attached hydrogens (tertiary/aromatic N) is 4. The lowest BCUT2D eigenvalue weighted by Crippen LogP contribution is -2.23. The lowest BCUT2D eigenvalue weighted by molar-refractivity contribution is 0.0875. The summed E-state index contributed by atoms with van der Waals surface area (Å²) in [6, 6.07) is 18.7. The molecular formula is C26H26N4O. The number of fused-ring (bicyclic) bond motifs is 1. The average molecular weight is 411 g/mol. The van der Waals surface area contributed by atoms with E-state index in [9.17, 15) is 4.79 Å². The van der Waals surface area contributed by atoms with Crippen molar-refractivity contribution in [1.29, 1.82) is 0 Å². The van der Waals surface area contributed by atoms with E-state index in [2.05, 4.69) is 66.1 Å². The van der Waals surface area contributed by atoms with Crippen LogP contribution in [-0.2, 0) is 6.54 Å². The highest BCUT2D eigenvalue weighted by Crippen LogP contribution is 2.45. The number of hydrogen-bond acceptors (Lipinski definition) is 4. The van der Waals surface area contributed by atoms with Crippen molar-refractivity contribution in [3.8, 4) is 0 Å². The van der Waals surface area contributed by atoms with E-state index in [0.717, 1.165) is 47.0 Å². The largest absolute Gasteiger partial charge is 0.372 e. The smallest absolute Gasteiger partial charge is 0.258 e. The van der Waals surface area contributed by atoms with Crippen LogP contribution in [0.1, 0.15) is 40.9 Å². The highest BCUT2D eigenvalue weighted by molar-refractivity contribution is 6.15. The quantitative estimate of drug-likeness (QED) is 0.582. The number of anilines is 3. The van der Waals surface area contributed by atoms with Gasteiger partial charge in [-0.25, -0.2) is 4.98 Å². The van der Waals surface area contributed by atoms with Crippen molar-refractivity contribution in [3.63, 3.8) is 0 Å². The van der Waals surface area contributed by atoms with Gasteiger partial charge < -0.3 is 14.7 Å². The van der Waals surface area contributed by atoms with Crippen molar-refractivity contribution >= 4 is 34.9 Å². The summed E-state index contributed by atoms with van der Waals surface area (Å²) in [4.78, 5) is 24.0. The predicted octanol–water partition coefficient (Wildman–Crippen LogP) is 5.16. The van der Waals surface area contributed by atoms with Gasteiger partial charge in [0.05, 0.1) is 16.9 Å². The van der Waals surface area contributed by atoms with Crippen LogP contribution in [0.4, 0.5) is 17.2 Å². The van der Waals surface area contributed by atoms with E-state index >= 15 is 0 Å². The van der Waals surface area contributed by atoms with Crippen molar-refractivity contribution in [2.24, 2.45) is 0 Å². The van der Waals surface area contributed by atoms with Gasteiger partial charge >= 0.3 is 0 Å². The van der Waals surface area contributed by atoms with Crippen molar-refractivity contribution in [2.75, 3.05) is 29.9 Å². The Morgan fingerprint density at radius 2 is 1.81 bits per heavy atom. The summed E-state index contributed by atoms with van der Waals surface area (Å²) in [5.74, 6) is 0.950. The molecule has 5 heteroatoms. The van der Waals surface area contributed by atoms with Gasteiger partial charge in [0.25, 0.3) is 5.91 Å². The first-order chi connectivity index (χ1) is 15.1. The summed E-state index contributed by atoms with van der Waals surface area (Å²) >= 11 is 0. The molecule has 2 aromatic carbocycles. The normalized spacial score (nSPS) is 14.2. The molecule has 0 unspecified atom stereocenters. The van der Waals surface area contributed by atoms with Crippen LogP contribution in [0.2, 0.25) is 0 Å². The van der Waals surface area contributed by atoms with Crippen molar-refractivity contribution < 1.29 is 4.79 Å². The third-order valence-electron chi connectivity index (χ3n) is 6.23. The Morgan fingerprint density at radius 1 is 1.00 bits per heavy atom. The number of benzene rings is 2. The predicted molar refractivity (Wildman–Crippen MR) is 126 cm³/mol. The number of aromatic nitrogens is 1. The van der Waals surface area contributed by atoms with Gasteiger partial charge in [-0.3, -0.25) is 4.79 Å². The summed E-state index contributed by atoms with van der Waals surface area (Å²) in [6.07, 6.45) is 3.92. The Hall–Kier alpha value is -3.60. The highest BCUT2D eigenvalue weighted by atomic mass is 16.2. The SMILES string of the molecule is CCN(CC)c1cccc(CN2c3cccc4c3C(=Cc3cccnc32)N(C)C4=O)c1. The van der Waals surface area contributed by atoms with E-state index < -0.39 is 0 Å². The molecule has 1 amide bonds. The Labute approximate surface area is 183 Å². The number of amides is 1. The summed E-state index contributed by atoms with van der Waals surface area (Å²) in [5, 5.41) is 0. The van der Waals surface area contributed by atoms with Crippen LogP contribution in [0.25, 0.3) is 11.8 Å². The van der Waals surface area contributed by atoms with E-state index in [4.69, 9.17) is 4.98 Å². The molecule has 1 aromatic heterocycles. The van der Waals surface area contributed by atoms with Crippen LogP contribution in [0, 0.1) is 0 Å². The van der Waals surface area contributed by atoms with Crippen LogP contribution in [-0.4, -0.2) is 35.9 Å². The van der Waals surface area contributed by atoms with Gasteiger partial charge in [0.2, 0.25) is 0 Å². The minimum absolute atomic E-state index is 0.0407. The zero-order valence-corrected chi connectivity index (χ0v) is 18.2. The molecule has 2 aliphatic rings. The third-order valence-corrected chi connectivity index (χ3v) is 6.23. The van der Waals surface area contributed by atoms with Gasteiger partial charge in [-0.05, 0) is 61.9 Å². The fourth-order valence-corrected chi connectivity index (χ4v) is 4.63. The van der Waals surface area contributed by atoms with E-state index in [-0.39, 0.29) is 5.91 Å². The first kappa shape index (κ1) is 19.4. The average Bonchev–Trinajstić information content (AvgIpc) is 2.95. The minimum atomic E-state index is 0.0407. The van der Waals surface area contributed by atoms with E-state index in [1.165, 1.54) is 11.3 Å². The molecule has 31 heavy (non-hydrogen) atoms. The lowest BCUT2D eigenvalue weighted by Gasteiger charge is -2.27. The fraction of sp³-hybridized carbons (Fsp3) is 0.231. The number of hydrogen-bond donors (Lipinski definition) is 0. The van der Waals surface area contributed by atoms with Crippen LogP contribution in [0.5, 0.6) is 0 Å². The maximum absolute atomic E-state index is 12.9.